The van der Waals surface area contributed by atoms with E-state index in [2.05, 4.69) is 36.8 Å². The molecule has 0 radical (unpaired) electrons. The Balaban J connectivity index is 2.24. The highest BCUT2D eigenvalue weighted by atomic mass is 79.9. The number of hydrogen-bond acceptors (Lipinski definition) is 3. The molecule has 0 aliphatic heterocycles. The van der Waals surface area contributed by atoms with Crippen LogP contribution < -0.4 is 4.74 Å². The van der Waals surface area contributed by atoms with Gasteiger partial charge in [0.05, 0.1) is 16.8 Å². The lowest BCUT2D eigenvalue weighted by atomic mass is 10.1. The molecule has 0 amide bonds. The monoisotopic (exact) mass is 371 g/mol. The SMILES string of the molecule is C[C@@H](O)c1ccc(Oc2cncc(Br)c2)c(Br)c1. The summed E-state index contributed by atoms with van der Waals surface area (Å²) in [6.45, 7) is 1.72. The summed E-state index contributed by atoms with van der Waals surface area (Å²) in [4.78, 5) is 4.03. The Morgan fingerprint density at radius 2 is 2.00 bits per heavy atom. The first-order chi connectivity index (χ1) is 8.56. The summed E-state index contributed by atoms with van der Waals surface area (Å²) in [5.74, 6) is 1.33. The number of aliphatic hydroxyl groups excluding tert-OH is 1. The van der Waals surface area contributed by atoms with Gasteiger partial charge in [-0.15, -0.1) is 0 Å². The van der Waals surface area contributed by atoms with E-state index in [0.717, 1.165) is 14.5 Å². The van der Waals surface area contributed by atoms with E-state index in [-0.39, 0.29) is 0 Å². The van der Waals surface area contributed by atoms with Gasteiger partial charge in [0.25, 0.3) is 0 Å². The van der Waals surface area contributed by atoms with Crippen LogP contribution in [-0.4, -0.2) is 10.1 Å². The molecule has 0 unspecified atom stereocenters. The quantitative estimate of drug-likeness (QED) is 0.865. The highest BCUT2D eigenvalue weighted by Gasteiger charge is 2.07. The second kappa shape index (κ2) is 5.82. The van der Waals surface area contributed by atoms with Gasteiger partial charge in [-0.3, -0.25) is 4.98 Å². The molecule has 0 spiro atoms. The van der Waals surface area contributed by atoms with Gasteiger partial charge in [0.1, 0.15) is 11.5 Å². The van der Waals surface area contributed by atoms with Gasteiger partial charge in [0, 0.05) is 10.7 Å². The molecule has 1 aromatic carbocycles. The third-order valence-electron chi connectivity index (χ3n) is 2.35. The van der Waals surface area contributed by atoms with Gasteiger partial charge in [-0.2, -0.15) is 0 Å². The Hall–Kier alpha value is -0.910. The van der Waals surface area contributed by atoms with Crippen molar-refractivity contribution >= 4 is 31.9 Å². The van der Waals surface area contributed by atoms with Crippen LogP contribution in [0.5, 0.6) is 11.5 Å². The average molecular weight is 373 g/mol. The molecule has 3 nitrogen and oxygen atoms in total. The molecule has 0 bridgehead atoms. The van der Waals surface area contributed by atoms with E-state index in [4.69, 9.17) is 4.74 Å². The first-order valence-corrected chi connectivity index (χ1v) is 6.91. The molecule has 0 saturated heterocycles. The van der Waals surface area contributed by atoms with E-state index in [0.29, 0.717) is 11.5 Å². The average Bonchev–Trinajstić information content (AvgIpc) is 2.31. The molecule has 1 heterocycles. The van der Waals surface area contributed by atoms with Crippen molar-refractivity contribution in [2.24, 2.45) is 0 Å². The maximum absolute atomic E-state index is 9.49. The fraction of sp³-hybridized carbons (Fsp3) is 0.154. The maximum atomic E-state index is 9.49. The van der Waals surface area contributed by atoms with Gasteiger partial charge in [0.15, 0.2) is 0 Å². The Morgan fingerprint density at radius 3 is 2.61 bits per heavy atom. The van der Waals surface area contributed by atoms with E-state index < -0.39 is 6.10 Å². The van der Waals surface area contributed by atoms with Gasteiger partial charge >= 0.3 is 0 Å². The summed E-state index contributed by atoms with van der Waals surface area (Å²) in [5.41, 5.74) is 0.835. The number of benzene rings is 1. The number of ether oxygens (including phenoxy) is 1. The molecule has 1 atom stereocenters. The smallest absolute Gasteiger partial charge is 0.146 e. The Bertz CT molecular complexity index is 558. The van der Waals surface area contributed by atoms with Crippen LogP contribution in [0, 0.1) is 0 Å². The number of rotatable bonds is 3. The van der Waals surface area contributed by atoms with Crippen molar-refractivity contribution in [1.29, 1.82) is 0 Å². The maximum Gasteiger partial charge on any atom is 0.146 e. The van der Waals surface area contributed by atoms with Crippen molar-refractivity contribution < 1.29 is 9.84 Å². The van der Waals surface area contributed by atoms with Crippen LogP contribution in [0.25, 0.3) is 0 Å². The zero-order valence-electron chi connectivity index (χ0n) is 9.60. The van der Waals surface area contributed by atoms with Crippen molar-refractivity contribution in [3.05, 3.63) is 51.2 Å². The number of hydrogen-bond donors (Lipinski definition) is 1. The van der Waals surface area contributed by atoms with E-state index in [1.165, 1.54) is 0 Å². The molecular formula is C13H11Br2NO2. The molecular weight excluding hydrogens is 362 g/mol. The predicted molar refractivity (Wildman–Crippen MR) is 76.8 cm³/mol. The van der Waals surface area contributed by atoms with Crippen molar-refractivity contribution in [3.63, 3.8) is 0 Å². The van der Waals surface area contributed by atoms with Crippen LogP contribution in [-0.2, 0) is 0 Å². The van der Waals surface area contributed by atoms with Crippen LogP contribution in [0.2, 0.25) is 0 Å². The lowest BCUT2D eigenvalue weighted by Crippen LogP contribution is -1.92. The first-order valence-electron chi connectivity index (χ1n) is 5.32. The highest BCUT2D eigenvalue weighted by Crippen LogP contribution is 2.32. The molecule has 2 aromatic rings. The van der Waals surface area contributed by atoms with Crippen LogP contribution in [0.3, 0.4) is 0 Å². The molecule has 0 aliphatic carbocycles. The van der Waals surface area contributed by atoms with Crippen molar-refractivity contribution in [1.82, 2.24) is 4.98 Å². The van der Waals surface area contributed by atoms with Gasteiger partial charge in [-0.05, 0) is 62.5 Å². The zero-order chi connectivity index (χ0) is 13.1. The van der Waals surface area contributed by atoms with Gasteiger partial charge in [0.2, 0.25) is 0 Å². The van der Waals surface area contributed by atoms with Crippen LogP contribution in [0.15, 0.2) is 45.6 Å². The summed E-state index contributed by atoms with van der Waals surface area (Å²) in [6.07, 6.45) is 2.83. The van der Waals surface area contributed by atoms with Crippen LogP contribution >= 0.6 is 31.9 Å². The lowest BCUT2D eigenvalue weighted by molar-refractivity contribution is 0.199. The summed E-state index contributed by atoms with van der Waals surface area (Å²) in [7, 11) is 0. The summed E-state index contributed by atoms with van der Waals surface area (Å²) in [5, 5.41) is 9.49. The molecule has 5 heteroatoms. The Morgan fingerprint density at radius 1 is 1.22 bits per heavy atom. The minimum Gasteiger partial charge on any atom is -0.455 e. The normalized spacial score (nSPS) is 12.2. The second-order valence-corrected chi connectivity index (χ2v) is 5.58. The van der Waals surface area contributed by atoms with E-state index in [1.54, 1.807) is 19.3 Å². The standard InChI is InChI=1S/C13H11Br2NO2/c1-8(17)9-2-3-13(12(15)4-9)18-11-5-10(14)6-16-7-11/h2-8,17H,1H3/t8-/m1/s1. The summed E-state index contributed by atoms with van der Waals surface area (Å²) >= 11 is 6.76. The van der Waals surface area contributed by atoms with Crippen LogP contribution in [0.1, 0.15) is 18.6 Å². The fourth-order valence-corrected chi connectivity index (χ4v) is 2.26. The molecule has 0 saturated carbocycles. The third kappa shape index (κ3) is 3.31. The Labute approximate surface area is 122 Å². The van der Waals surface area contributed by atoms with E-state index in [9.17, 15) is 5.11 Å². The zero-order valence-corrected chi connectivity index (χ0v) is 12.8. The van der Waals surface area contributed by atoms with Gasteiger partial charge in [-0.1, -0.05) is 6.07 Å². The predicted octanol–water partition coefficient (Wildman–Crippen LogP) is 4.45. The van der Waals surface area contributed by atoms with Gasteiger partial charge in [-0.25, -0.2) is 0 Å². The number of halogens is 2. The lowest BCUT2D eigenvalue weighted by Gasteiger charge is -2.10. The highest BCUT2D eigenvalue weighted by molar-refractivity contribution is 9.10. The number of aliphatic hydroxyl groups is 1. The summed E-state index contributed by atoms with van der Waals surface area (Å²) in [6, 6.07) is 7.32. The van der Waals surface area contributed by atoms with Crippen molar-refractivity contribution in [2.75, 3.05) is 0 Å². The largest absolute Gasteiger partial charge is 0.455 e. The minimum atomic E-state index is -0.497. The number of aromatic nitrogens is 1. The minimum absolute atomic E-state index is 0.497. The van der Waals surface area contributed by atoms with Gasteiger partial charge < -0.3 is 9.84 Å². The molecule has 0 fully saturated rings. The first kappa shape index (κ1) is 13.5. The number of nitrogens with zero attached hydrogens (tertiary/aromatic N) is 1. The third-order valence-corrected chi connectivity index (χ3v) is 3.40. The summed E-state index contributed by atoms with van der Waals surface area (Å²) < 4.78 is 7.35. The second-order valence-electron chi connectivity index (χ2n) is 3.81. The Kier molecular flexibility index (Phi) is 4.37. The van der Waals surface area contributed by atoms with Crippen molar-refractivity contribution in [2.45, 2.75) is 13.0 Å². The number of pyridine rings is 1. The van der Waals surface area contributed by atoms with E-state index in [1.807, 2.05) is 24.3 Å². The molecule has 2 rings (SSSR count). The van der Waals surface area contributed by atoms with E-state index >= 15 is 0 Å². The van der Waals surface area contributed by atoms with Crippen molar-refractivity contribution in [3.8, 4) is 11.5 Å². The molecule has 0 aliphatic rings. The molecule has 1 aromatic heterocycles. The molecule has 1 N–H and O–H groups in total. The molecule has 18 heavy (non-hydrogen) atoms. The molecule has 94 valence electrons. The fourth-order valence-electron chi connectivity index (χ4n) is 1.43. The van der Waals surface area contributed by atoms with Crippen LogP contribution in [0.4, 0.5) is 0 Å². The topological polar surface area (TPSA) is 42.4 Å².